The maximum atomic E-state index is 11.9. The number of hydrogen-bond acceptors (Lipinski definition) is 3. The molecule has 2 rings (SSSR count). The first-order chi connectivity index (χ1) is 10.2. The van der Waals surface area contributed by atoms with Gasteiger partial charge in [0, 0.05) is 12.1 Å². The Kier molecular flexibility index (Phi) is 5.67. The number of nitrogens with one attached hydrogen (secondary N) is 1. The van der Waals surface area contributed by atoms with Gasteiger partial charge < -0.3 is 14.8 Å². The molecule has 0 saturated heterocycles. The fraction of sp³-hybridized carbons (Fsp3) is 0.471. The van der Waals surface area contributed by atoms with E-state index in [1.807, 2.05) is 18.2 Å². The molecule has 0 spiro atoms. The van der Waals surface area contributed by atoms with Crippen molar-refractivity contribution in [1.29, 1.82) is 0 Å². The van der Waals surface area contributed by atoms with Gasteiger partial charge in [-0.25, -0.2) is 0 Å². The molecule has 1 amide bonds. The maximum absolute atomic E-state index is 11.9. The normalized spacial score (nSPS) is 15.9. The summed E-state index contributed by atoms with van der Waals surface area (Å²) in [4.78, 5) is 11.9. The molecule has 1 aliphatic carbocycles. The van der Waals surface area contributed by atoms with Gasteiger partial charge in [-0.1, -0.05) is 25.3 Å². The van der Waals surface area contributed by atoms with Crippen molar-refractivity contribution >= 4 is 12.0 Å². The van der Waals surface area contributed by atoms with Crippen molar-refractivity contribution in [3.05, 3.63) is 29.8 Å². The molecule has 4 nitrogen and oxygen atoms in total. The summed E-state index contributed by atoms with van der Waals surface area (Å²) in [6.07, 6.45) is 9.27. The van der Waals surface area contributed by atoms with E-state index in [9.17, 15) is 4.79 Å². The Bertz CT molecular complexity index is 505. The van der Waals surface area contributed by atoms with Gasteiger partial charge in [-0.05, 0) is 36.6 Å². The van der Waals surface area contributed by atoms with E-state index in [0.717, 1.165) is 18.4 Å². The van der Waals surface area contributed by atoms with Crippen LogP contribution >= 0.6 is 0 Å². The Morgan fingerprint density at radius 2 is 1.86 bits per heavy atom. The van der Waals surface area contributed by atoms with E-state index in [-0.39, 0.29) is 5.91 Å². The second kappa shape index (κ2) is 7.72. The lowest BCUT2D eigenvalue weighted by Gasteiger charge is -2.21. The van der Waals surface area contributed by atoms with Crippen molar-refractivity contribution in [3.63, 3.8) is 0 Å². The molecule has 0 heterocycles. The van der Waals surface area contributed by atoms with Crippen LogP contribution in [0.1, 0.15) is 37.7 Å². The Morgan fingerprint density at radius 3 is 2.52 bits per heavy atom. The van der Waals surface area contributed by atoms with Gasteiger partial charge in [0.25, 0.3) is 0 Å². The zero-order chi connectivity index (χ0) is 15.1. The molecule has 0 radical (unpaired) electrons. The topological polar surface area (TPSA) is 47.6 Å². The van der Waals surface area contributed by atoms with Crippen molar-refractivity contribution in [3.8, 4) is 11.5 Å². The number of methoxy groups -OCH3 is 2. The molecule has 0 aromatic heterocycles. The van der Waals surface area contributed by atoms with E-state index in [0.29, 0.717) is 17.5 Å². The summed E-state index contributed by atoms with van der Waals surface area (Å²) < 4.78 is 10.4. The third-order valence-electron chi connectivity index (χ3n) is 3.79. The predicted molar refractivity (Wildman–Crippen MR) is 83.6 cm³/mol. The van der Waals surface area contributed by atoms with Gasteiger partial charge >= 0.3 is 0 Å². The lowest BCUT2D eigenvalue weighted by Crippen LogP contribution is -2.34. The first-order valence-corrected chi connectivity index (χ1v) is 7.43. The van der Waals surface area contributed by atoms with Crippen molar-refractivity contribution in [2.45, 2.75) is 38.1 Å². The van der Waals surface area contributed by atoms with Crippen LogP contribution in [0.2, 0.25) is 0 Å². The van der Waals surface area contributed by atoms with Crippen molar-refractivity contribution < 1.29 is 14.3 Å². The molecule has 1 fully saturated rings. The summed E-state index contributed by atoms with van der Waals surface area (Å²) >= 11 is 0. The van der Waals surface area contributed by atoms with Gasteiger partial charge in [0.05, 0.1) is 14.2 Å². The Hall–Kier alpha value is -1.97. The lowest BCUT2D eigenvalue weighted by molar-refractivity contribution is -0.117. The summed E-state index contributed by atoms with van der Waals surface area (Å²) in [6.45, 7) is 0. The van der Waals surface area contributed by atoms with Crippen LogP contribution in [0.5, 0.6) is 11.5 Å². The molecule has 1 aliphatic rings. The van der Waals surface area contributed by atoms with Crippen molar-refractivity contribution in [2.24, 2.45) is 0 Å². The van der Waals surface area contributed by atoms with Crippen LogP contribution < -0.4 is 14.8 Å². The highest BCUT2D eigenvalue weighted by molar-refractivity contribution is 5.92. The molecule has 0 bridgehead atoms. The number of amides is 1. The minimum Gasteiger partial charge on any atom is -0.493 e. The molecule has 1 N–H and O–H groups in total. The maximum Gasteiger partial charge on any atom is 0.244 e. The van der Waals surface area contributed by atoms with Crippen LogP contribution in [-0.4, -0.2) is 26.2 Å². The highest BCUT2D eigenvalue weighted by Gasteiger charge is 2.14. The summed E-state index contributed by atoms with van der Waals surface area (Å²) in [7, 11) is 3.20. The van der Waals surface area contributed by atoms with E-state index in [2.05, 4.69) is 5.32 Å². The Balaban J connectivity index is 1.94. The first-order valence-electron chi connectivity index (χ1n) is 7.43. The van der Waals surface area contributed by atoms with Crippen molar-refractivity contribution in [2.75, 3.05) is 14.2 Å². The Labute approximate surface area is 126 Å². The van der Waals surface area contributed by atoms with Crippen LogP contribution in [-0.2, 0) is 4.79 Å². The predicted octanol–water partition coefficient (Wildman–Crippen LogP) is 3.17. The molecule has 21 heavy (non-hydrogen) atoms. The first kappa shape index (κ1) is 15.4. The number of carbonyl (C=O) groups excluding carboxylic acids is 1. The summed E-state index contributed by atoms with van der Waals surface area (Å²) in [6, 6.07) is 5.91. The number of benzene rings is 1. The fourth-order valence-corrected chi connectivity index (χ4v) is 2.62. The van der Waals surface area contributed by atoms with E-state index >= 15 is 0 Å². The third-order valence-corrected chi connectivity index (χ3v) is 3.79. The highest BCUT2D eigenvalue weighted by Crippen LogP contribution is 2.27. The summed E-state index contributed by atoms with van der Waals surface area (Å²) in [5.74, 6) is 1.31. The molecule has 4 heteroatoms. The van der Waals surface area contributed by atoms with Gasteiger partial charge in [-0.3, -0.25) is 4.79 Å². The lowest BCUT2D eigenvalue weighted by atomic mass is 9.95. The molecule has 0 unspecified atom stereocenters. The minimum absolute atomic E-state index is 0.0308. The zero-order valence-electron chi connectivity index (χ0n) is 12.7. The summed E-state index contributed by atoms with van der Waals surface area (Å²) in [5.41, 5.74) is 0.909. The van der Waals surface area contributed by atoms with Crippen LogP contribution in [0.15, 0.2) is 24.3 Å². The van der Waals surface area contributed by atoms with E-state index in [4.69, 9.17) is 9.47 Å². The number of rotatable bonds is 5. The average Bonchev–Trinajstić information content (AvgIpc) is 2.53. The molecule has 1 aromatic carbocycles. The second-order valence-corrected chi connectivity index (χ2v) is 5.29. The summed E-state index contributed by atoms with van der Waals surface area (Å²) in [5, 5.41) is 3.06. The SMILES string of the molecule is COc1ccc(/C=C\C(=O)NC2CCCCC2)cc1OC. The highest BCUT2D eigenvalue weighted by atomic mass is 16.5. The van der Waals surface area contributed by atoms with Gasteiger partial charge in [0.2, 0.25) is 5.91 Å². The standard InChI is InChI=1S/C17H23NO3/c1-20-15-10-8-13(12-16(15)21-2)9-11-17(19)18-14-6-4-3-5-7-14/h8-12,14H,3-7H2,1-2H3,(H,18,19)/b11-9-. The van der Waals surface area contributed by atoms with Crippen molar-refractivity contribution in [1.82, 2.24) is 5.32 Å². The molecule has 1 aromatic rings. The number of ether oxygens (including phenoxy) is 2. The fourth-order valence-electron chi connectivity index (χ4n) is 2.62. The number of carbonyl (C=O) groups is 1. The average molecular weight is 289 g/mol. The Morgan fingerprint density at radius 1 is 1.14 bits per heavy atom. The van der Waals surface area contributed by atoms with Crippen LogP contribution in [0, 0.1) is 0 Å². The largest absolute Gasteiger partial charge is 0.493 e. The van der Waals surface area contributed by atoms with Gasteiger partial charge in [-0.15, -0.1) is 0 Å². The van der Waals surface area contributed by atoms with Gasteiger partial charge in [0.15, 0.2) is 11.5 Å². The van der Waals surface area contributed by atoms with Gasteiger partial charge in [0.1, 0.15) is 0 Å². The molecule has 0 atom stereocenters. The molecule has 114 valence electrons. The molecular weight excluding hydrogens is 266 g/mol. The zero-order valence-corrected chi connectivity index (χ0v) is 12.7. The van der Waals surface area contributed by atoms with E-state index in [1.165, 1.54) is 19.3 Å². The second-order valence-electron chi connectivity index (χ2n) is 5.29. The molecular formula is C17H23NO3. The number of hydrogen-bond donors (Lipinski definition) is 1. The minimum atomic E-state index is -0.0308. The smallest absolute Gasteiger partial charge is 0.244 e. The van der Waals surface area contributed by atoms with E-state index < -0.39 is 0 Å². The molecule has 1 saturated carbocycles. The van der Waals surface area contributed by atoms with E-state index in [1.54, 1.807) is 26.4 Å². The van der Waals surface area contributed by atoms with Crippen LogP contribution in [0.3, 0.4) is 0 Å². The van der Waals surface area contributed by atoms with Crippen LogP contribution in [0.25, 0.3) is 6.08 Å². The van der Waals surface area contributed by atoms with Crippen LogP contribution in [0.4, 0.5) is 0 Å². The van der Waals surface area contributed by atoms with Gasteiger partial charge in [-0.2, -0.15) is 0 Å². The quantitative estimate of drug-likeness (QED) is 0.847. The monoisotopic (exact) mass is 289 g/mol. The molecule has 0 aliphatic heterocycles. The third kappa shape index (κ3) is 4.52.